The van der Waals surface area contributed by atoms with Crippen LogP contribution >= 0.6 is 0 Å². The smallest absolute Gasteiger partial charge is 0.253 e. The molecule has 0 radical (unpaired) electrons. The lowest BCUT2D eigenvalue weighted by molar-refractivity contribution is -0.130. The molecule has 0 aromatic heterocycles. The molecule has 3 heteroatoms. The van der Waals surface area contributed by atoms with Crippen molar-refractivity contribution in [1.29, 1.82) is 0 Å². The number of hydrogen-bond donors (Lipinski definition) is 2. The Hall–Kier alpha value is -2.13. The summed E-state index contributed by atoms with van der Waals surface area (Å²) in [7, 11) is 0. The number of benzene rings is 2. The van der Waals surface area contributed by atoms with Gasteiger partial charge in [0.05, 0.1) is 6.04 Å². The second-order valence-corrected chi connectivity index (χ2v) is 5.68. The summed E-state index contributed by atoms with van der Waals surface area (Å²) in [6, 6.07) is 17.2. The number of hydrogen-bond acceptors (Lipinski definition) is 2. The van der Waals surface area contributed by atoms with Crippen LogP contribution < -0.4 is 5.32 Å². The maximum Gasteiger partial charge on any atom is 0.253 e. The summed E-state index contributed by atoms with van der Waals surface area (Å²) in [6.07, 6.45) is -0.158. The molecule has 1 aliphatic rings. The van der Waals surface area contributed by atoms with Crippen molar-refractivity contribution in [1.82, 2.24) is 5.32 Å². The molecule has 0 aliphatic heterocycles. The van der Waals surface area contributed by atoms with Crippen LogP contribution in [0.4, 0.5) is 0 Å². The van der Waals surface area contributed by atoms with Gasteiger partial charge in [0.25, 0.3) is 5.91 Å². The average molecular weight is 281 g/mol. The summed E-state index contributed by atoms with van der Waals surface area (Å²) >= 11 is 0. The van der Waals surface area contributed by atoms with E-state index in [4.69, 9.17) is 0 Å². The van der Waals surface area contributed by atoms with Crippen molar-refractivity contribution in [3.05, 3.63) is 71.3 Å². The van der Waals surface area contributed by atoms with E-state index in [1.54, 1.807) is 12.1 Å². The molecule has 21 heavy (non-hydrogen) atoms. The van der Waals surface area contributed by atoms with E-state index in [0.29, 0.717) is 11.5 Å². The SMILES string of the molecule is CC1Cc2ccccc2C1NC(=O)C(O)c1ccccc1. The summed E-state index contributed by atoms with van der Waals surface area (Å²) < 4.78 is 0. The topological polar surface area (TPSA) is 49.3 Å². The van der Waals surface area contributed by atoms with E-state index < -0.39 is 6.10 Å². The van der Waals surface area contributed by atoms with Gasteiger partial charge in [-0.1, -0.05) is 61.5 Å². The van der Waals surface area contributed by atoms with Crippen molar-refractivity contribution in [3.8, 4) is 0 Å². The van der Waals surface area contributed by atoms with E-state index >= 15 is 0 Å². The Morgan fingerprint density at radius 3 is 2.57 bits per heavy atom. The summed E-state index contributed by atoms with van der Waals surface area (Å²) in [5.74, 6) is 0.00377. The average Bonchev–Trinajstić information content (AvgIpc) is 2.83. The van der Waals surface area contributed by atoms with Crippen molar-refractivity contribution >= 4 is 5.91 Å². The largest absolute Gasteiger partial charge is 0.378 e. The zero-order valence-corrected chi connectivity index (χ0v) is 12.0. The van der Waals surface area contributed by atoms with E-state index in [9.17, 15) is 9.90 Å². The third-order valence-corrected chi connectivity index (χ3v) is 4.16. The van der Waals surface area contributed by atoms with Gasteiger partial charge in [0.15, 0.2) is 6.10 Å². The molecule has 0 spiro atoms. The maximum atomic E-state index is 12.3. The third kappa shape index (κ3) is 2.69. The van der Waals surface area contributed by atoms with Gasteiger partial charge in [-0.15, -0.1) is 0 Å². The highest BCUT2D eigenvalue weighted by Crippen LogP contribution is 2.35. The van der Waals surface area contributed by atoms with Crippen LogP contribution in [-0.4, -0.2) is 11.0 Å². The quantitative estimate of drug-likeness (QED) is 0.909. The molecular weight excluding hydrogens is 262 g/mol. The Morgan fingerprint density at radius 1 is 1.14 bits per heavy atom. The molecule has 0 bridgehead atoms. The first kappa shape index (κ1) is 13.8. The van der Waals surface area contributed by atoms with E-state index in [-0.39, 0.29) is 11.9 Å². The normalized spacial score (nSPS) is 21.6. The Balaban J connectivity index is 1.76. The van der Waals surface area contributed by atoms with Crippen LogP contribution in [0.15, 0.2) is 54.6 Å². The maximum absolute atomic E-state index is 12.3. The molecule has 3 rings (SSSR count). The molecule has 0 saturated carbocycles. The Labute approximate surface area is 124 Å². The monoisotopic (exact) mass is 281 g/mol. The van der Waals surface area contributed by atoms with Crippen molar-refractivity contribution in [2.45, 2.75) is 25.5 Å². The fourth-order valence-electron chi connectivity index (χ4n) is 3.03. The fourth-order valence-corrected chi connectivity index (χ4v) is 3.03. The molecule has 3 nitrogen and oxygen atoms in total. The van der Waals surface area contributed by atoms with Crippen LogP contribution in [0.3, 0.4) is 0 Å². The highest BCUT2D eigenvalue weighted by molar-refractivity contribution is 5.82. The van der Waals surface area contributed by atoms with Gasteiger partial charge in [0.1, 0.15) is 0 Å². The zero-order chi connectivity index (χ0) is 14.8. The van der Waals surface area contributed by atoms with Crippen LogP contribution in [0, 0.1) is 5.92 Å². The van der Waals surface area contributed by atoms with E-state index in [1.165, 1.54) is 11.1 Å². The molecule has 1 aliphatic carbocycles. The molecule has 3 unspecified atom stereocenters. The van der Waals surface area contributed by atoms with E-state index in [2.05, 4.69) is 24.4 Å². The molecule has 108 valence electrons. The van der Waals surface area contributed by atoms with Gasteiger partial charge in [-0.3, -0.25) is 4.79 Å². The Morgan fingerprint density at radius 2 is 1.81 bits per heavy atom. The van der Waals surface area contributed by atoms with Gasteiger partial charge in [-0.2, -0.15) is 0 Å². The van der Waals surface area contributed by atoms with Gasteiger partial charge in [-0.25, -0.2) is 0 Å². The number of nitrogens with one attached hydrogen (secondary N) is 1. The molecule has 0 fully saturated rings. The number of carbonyl (C=O) groups excluding carboxylic acids is 1. The van der Waals surface area contributed by atoms with Gasteiger partial charge in [0, 0.05) is 0 Å². The summed E-state index contributed by atoms with van der Waals surface area (Å²) in [6.45, 7) is 2.12. The van der Waals surface area contributed by atoms with Gasteiger partial charge in [0.2, 0.25) is 0 Å². The lowest BCUT2D eigenvalue weighted by Gasteiger charge is -2.21. The number of amides is 1. The number of rotatable bonds is 3. The molecule has 0 saturated heterocycles. The molecule has 1 amide bonds. The molecule has 0 heterocycles. The second-order valence-electron chi connectivity index (χ2n) is 5.68. The zero-order valence-electron chi connectivity index (χ0n) is 12.0. The van der Waals surface area contributed by atoms with Crippen LogP contribution in [-0.2, 0) is 11.2 Å². The molecule has 3 atom stereocenters. The van der Waals surface area contributed by atoms with Crippen LogP contribution in [0.2, 0.25) is 0 Å². The van der Waals surface area contributed by atoms with Crippen LogP contribution in [0.25, 0.3) is 0 Å². The molecular formula is C18H19NO2. The molecule has 2 N–H and O–H groups in total. The van der Waals surface area contributed by atoms with Crippen molar-refractivity contribution < 1.29 is 9.90 Å². The van der Waals surface area contributed by atoms with Gasteiger partial charge in [-0.05, 0) is 29.0 Å². The van der Waals surface area contributed by atoms with Crippen molar-refractivity contribution in [3.63, 3.8) is 0 Å². The number of aliphatic hydroxyl groups is 1. The minimum Gasteiger partial charge on any atom is -0.378 e. The van der Waals surface area contributed by atoms with Crippen LogP contribution in [0.5, 0.6) is 0 Å². The van der Waals surface area contributed by atoms with Gasteiger partial charge < -0.3 is 10.4 Å². The second kappa shape index (κ2) is 5.70. The molecule has 2 aromatic carbocycles. The van der Waals surface area contributed by atoms with Crippen molar-refractivity contribution in [2.75, 3.05) is 0 Å². The first-order chi connectivity index (χ1) is 10.2. The molecule has 2 aromatic rings. The lowest BCUT2D eigenvalue weighted by atomic mass is 10.0. The Bertz CT molecular complexity index is 639. The minimum atomic E-state index is -1.12. The third-order valence-electron chi connectivity index (χ3n) is 4.16. The summed E-state index contributed by atoms with van der Waals surface area (Å²) in [4.78, 5) is 12.3. The van der Waals surface area contributed by atoms with Gasteiger partial charge >= 0.3 is 0 Å². The number of aliphatic hydroxyl groups excluding tert-OH is 1. The Kier molecular flexibility index (Phi) is 3.76. The van der Waals surface area contributed by atoms with Crippen molar-refractivity contribution in [2.24, 2.45) is 5.92 Å². The predicted octanol–water partition coefficient (Wildman–Crippen LogP) is 2.77. The highest BCUT2D eigenvalue weighted by Gasteiger charge is 2.31. The standard InChI is InChI=1S/C18H19NO2/c1-12-11-14-9-5-6-10-15(14)16(12)19-18(21)17(20)13-7-3-2-4-8-13/h2-10,12,16-17,20H,11H2,1H3,(H,19,21). The lowest BCUT2D eigenvalue weighted by Crippen LogP contribution is -2.34. The number of fused-ring (bicyclic) bond motifs is 1. The first-order valence-electron chi connectivity index (χ1n) is 7.28. The first-order valence-corrected chi connectivity index (χ1v) is 7.28. The summed E-state index contributed by atoms with van der Waals surface area (Å²) in [5, 5.41) is 13.2. The predicted molar refractivity (Wildman–Crippen MR) is 81.6 cm³/mol. The van der Waals surface area contributed by atoms with E-state index in [1.807, 2.05) is 30.3 Å². The fraction of sp³-hybridized carbons (Fsp3) is 0.278. The van der Waals surface area contributed by atoms with Crippen LogP contribution in [0.1, 0.15) is 35.8 Å². The summed E-state index contributed by atoms with van der Waals surface area (Å²) in [5.41, 5.74) is 3.07. The minimum absolute atomic E-state index is 0.0212. The highest BCUT2D eigenvalue weighted by atomic mass is 16.3. The number of carbonyl (C=O) groups is 1. The van der Waals surface area contributed by atoms with E-state index in [0.717, 1.165) is 6.42 Å².